The van der Waals surface area contributed by atoms with Gasteiger partial charge in [-0.15, -0.1) is 5.46 Å². The normalized spacial score (nSPS) is 8.31. The van der Waals surface area contributed by atoms with Gasteiger partial charge in [-0.05, 0) is 13.8 Å². The van der Waals surface area contributed by atoms with Crippen LogP contribution in [0.2, 0.25) is 0 Å². The van der Waals surface area contributed by atoms with Crippen LogP contribution in [0.1, 0.15) is 11.1 Å². The second kappa shape index (κ2) is 9.35. The van der Waals surface area contributed by atoms with E-state index in [1.807, 2.05) is 13.0 Å². The van der Waals surface area contributed by atoms with Crippen LogP contribution in [-0.4, -0.2) is 7.12 Å². The summed E-state index contributed by atoms with van der Waals surface area (Å²) in [4.78, 5) is 0. The van der Waals surface area contributed by atoms with E-state index in [0.717, 1.165) is 11.1 Å². The molecule has 2 nitrogen and oxygen atoms in total. The minimum Gasteiger partial charge on any atom is -0.889 e. The zero-order valence-corrected chi connectivity index (χ0v) is 21.2. The maximum atomic E-state index is 10.5. The van der Waals surface area contributed by atoms with Crippen molar-refractivity contribution in [2.45, 2.75) is 13.8 Å². The van der Waals surface area contributed by atoms with E-state index >= 15 is 0 Å². The van der Waals surface area contributed by atoms with Gasteiger partial charge in [0.25, 0.3) is 0 Å². The van der Waals surface area contributed by atoms with E-state index in [9.17, 15) is 10.0 Å². The summed E-state index contributed by atoms with van der Waals surface area (Å²) in [6.45, 7) is 3.64. The van der Waals surface area contributed by atoms with Crippen LogP contribution < -0.4 is 153 Å². The van der Waals surface area contributed by atoms with Gasteiger partial charge in [0.1, 0.15) is 0 Å². The monoisotopic (exact) mass is 414 g/mol. The Morgan fingerprint density at radius 3 is 2.00 bits per heavy atom. The Balaban J connectivity index is 0. The summed E-state index contributed by atoms with van der Waals surface area (Å²) in [5.74, 6) is 0. The molecule has 0 saturated heterocycles. The van der Waals surface area contributed by atoms with Crippen molar-refractivity contribution in [3.05, 3.63) is 29.3 Å². The van der Waals surface area contributed by atoms with Gasteiger partial charge >= 0.3 is 138 Å². The average Bonchev–Trinajstić information content (AvgIpc) is 1.94. The van der Waals surface area contributed by atoms with E-state index in [2.05, 4.69) is 0 Å². The van der Waals surface area contributed by atoms with Crippen LogP contribution in [0.5, 0.6) is 0 Å². The Bertz CT molecular complexity index is 266. The Kier molecular flexibility index (Phi) is 13.4. The quantitative estimate of drug-likeness (QED) is 0.430. The van der Waals surface area contributed by atoms with Gasteiger partial charge in [-0.3, -0.25) is 0 Å². The number of aryl methyl sites for hydroxylation is 2. The van der Waals surface area contributed by atoms with Crippen LogP contribution in [0, 0.1) is 13.8 Å². The van der Waals surface area contributed by atoms with Gasteiger partial charge < -0.3 is 10.0 Å². The fraction of sp³-hybridized carbons (Fsp3) is 0.250. The molecule has 0 N–H and O–H groups in total. The third-order valence-electron chi connectivity index (χ3n) is 1.69. The first-order valence-electron chi connectivity index (χ1n) is 3.50. The van der Waals surface area contributed by atoms with Crippen molar-refractivity contribution in [2.24, 2.45) is 0 Å². The minimum absolute atomic E-state index is 0. The van der Waals surface area contributed by atoms with Gasteiger partial charge in [-0.2, -0.15) is 0 Å². The molecular formula is C8H9BCs2O2. The van der Waals surface area contributed by atoms with Crippen molar-refractivity contribution in [3.63, 3.8) is 0 Å². The number of hydrogen-bond donors (Lipinski definition) is 0. The molecule has 0 radical (unpaired) electrons. The van der Waals surface area contributed by atoms with Crippen molar-refractivity contribution in [1.29, 1.82) is 0 Å². The Labute approximate surface area is 197 Å². The molecule has 58 valence electrons. The van der Waals surface area contributed by atoms with E-state index < -0.39 is 7.12 Å². The zero-order valence-electron chi connectivity index (χ0n) is 8.63. The maximum absolute atomic E-state index is 10.5. The van der Waals surface area contributed by atoms with Gasteiger partial charge in [0.15, 0.2) is 0 Å². The van der Waals surface area contributed by atoms with Crippen molar-refractivity contribution < 1.29 is 148 Å². The smallest absolute Gasteiger partial charge is 0.889 e. The first-order valence-corrected chi connectivity index (χ1v) is 3.50. The summed E-state index contributed by atoms with van der Waals surface area (Å²) in [5.41, 5.74) is 2.11. The van der Waals surface area contributed by atoms with Crippen molar-refractivity contribution >= 4 is 12.6 Å². The third-order valence-corrected chi connectivity index (χ3v) is 1.69. The van der Waals surface area contributed by atoms with E-state index in [4.69, 9.17) is 0 Å². The molecule has 0 aliphatic rings. The molecule has 1 rings (SSSR count). The zero-order chi connectivity index (χ0) is 8.43. The summed E-state index contributed by atoms with van der Waals surface area (Å²) >= 11 is 0. The molecule has 1 aromatic rings. The van der Waals surface area contributed by atoms with Gasteiger partial charge in [0, 0.05) is 0 Å². The van der Waals surface area contributed by atoms with E-state index in [0.29, 0.717) is 5.46 Å². The molecule has 0 fully saturated rings. The molecule has 0 aliphatic heterocycles. The van der Waals surface area contributed by atoms with Crippen LogP contribution in [0.15, 0.2) is 18.2 Å². The first-order chi connectivity index (χ1) is 5.11. The predicted molar refractivity (Wildman–Crippen MR) is 41.3 cm³/mol. The van der Waals surface area contributed by atoms with E-state index in [-0.39, 0.29) is 138 Å². The number of benzene rings is 1. The van der Waals surface area contributed by atoms with Gasteiger partial charge in [0.2, 0.25) is 0 Å². The maximum Gasteiger partial charge on any atom is 1.00 e. The van der Waals surface area contributed by atoms with Crippen LogP contribution in [-0.2, 0) is 0 Å². The van der Waals surface area contributed by atoms with E-state index in [1.165, 1.54) is 0 Å². The Hall–Kier alpha value is 3.31. The number of hydrogen-bond acceptors (Lipinski definition) is 2. The van der Waals surface area contributed by atoms with Crippen LogP contribution >= 0.6 is 0 Å². The molecule has 0 atom stereocenters. The molecule has 0 heterocycles. The average molecular weight is 414 g/mol. The standard InChI is InChI=1S/C8H9BO2.2Cs/c1-6-3-4-7(2)8(5-6)9(10)11;;/h3-5H,1-2H3;;/q-2;2*+1. The topological polar surface area (TPSA) is 46.1 Å². The fourth-order valence-electron chi connectivity index (χ4n) is 1.01. The van der Waals surface area contributed by atoms with Gasteiger partial charge in [-0.25, -0.2) is 0 Å². The molecule has 0 amide bonds. The van der Waals surface area contributed by atoms with Crippen LogP contribution in [0.25, 0.3) is 0 Å². The molecule has 0 saturated carbocycles. The first kappa shape index (κ1) is 18.7. The molecule has 0 aromatic heterocycles. The molecular weight excluding hydrogens is 405 g/mol. The van der Waals surface area contributed by atoms with E-state index in [1.54, 1.807) is 19.1 Å². The summed E-state index contributed by atoms with van der Waals surface area (Å²) in [6.07, 6.45) is 0. The van der Waals surface area contributed by atoms with Crippen molar-refractivity contribution in [3.8, 4) is 0 Å². The Morgan fingerprint density at radius 1 is 1.08 bits per heavy atom. The number of rotatable bonds is 1. The molecule has 0 bridgehead atoms. The SMILES string of the molecule is Cc1ccc(C)c(B([O-])[O-])c1.[Cs+].[Cs+]. The van der Waals surface area contributed by atoms with Crippen LogP contribution in [0.3, 0.4) is 0 Å². The largest absolute Gasteiger partial charge is 1.00 e. The summed E-state index contributed by atoms with van der Waals surface area (Å²) in [5, 5.41) is 21.1. The second-order valence-electron chi connectivity index (χ2n) is 2.69. The fourth-order valence-corrected chi connectivity index (χ4v) is 1.01. The predicted octanol–water partition coefficient (Wildman–Crippen LogP) is -7.27. The van der Waals surface area contributed by atoms with Crippen LogP contribution in [0.4, 0.5) is 0 Å². The van der Waals surface area contributed by atoms with Gasteiger partial charge in [0.05, 0.1) is 0 Å². The second-order valence-corrected chi connectivity index (χ2v) is 2.69. The molecule has 5 heteroatoms. The third kappa shape index (κ3) is 6.57. The van der Waals surface area contributed by atoms with Crippen molar-refractivity contribution in [2.75, 3.05) is 0 Å². The van der Waals surface area contributed by atoms with Crippen molar-refractivity contribution in [1.82, 2.24) is 0 Å². The molecule has 13 heavy (non-hydrogen) atoms. The summed E-state index contributed by atoms with van der Waals surface area (Å²) in [7, 11) is -1.85. The minimum atomic E-state index is -1.85. The molecule has 0 unspecified atom stereocenters. The Morgan fingerprint density at radius 2 is 1.62 bits per heavy atom. The van der Waals surface area contributed by atoms with Gasteiger partial charge in [-0.1, -0.05) is 36.4 Å². The summed E-state index contributed by atoms with van der Waals surface area (Å²) < 4.78 is 0. The molecule has 1 aromatic carbocycles. The molecule has 0 aliphatic carbocycles. The summed E-state index contributed by atoms with van der Waals surface area (Å²) in [6, 6.07) is 5.34. The molecule has 0 spiro atoms.